The minimum absolute atomic E-state index is 0.0532. The van der Waals surface area contributed by atoms with Crippen molar-refractivity contribution < 1.29 is 38.0 Å². The summed E-state index contributed by atoms with van der Waals surface area (Å²) in [5, 5.41) is 2.66. The number of rotatable bonds is 12. The van der Waals surface area contributed by atoms with Crippen LogP contribution in [0.1, 0.15) is 68.9 Å². The molecule has 0 bridgehead atoms. The molecule has 2 fully saturated rings. The van der Waals surface area contributed by atoms with E-state index >= 15 is 0 Å². The predicted molar refractivity (Wildman–Crippen MR) is 151 cm³/mol. The van der Waals surface area contributed by atoms with E-state index in [0.717, 1.165) is 61.0 Å². The highest BCUT2D eigenvalue weighted by Gasteiger charge is 2.31. The maximum Gasteiger partial charge on any atom is 0.407 e. The molecule has 41 heavy (non-hydrogen) atoms. The molecule has 2 aromatic rings. The number of hydrogen-bond acceptors (Lipinski definition) is 8. The Bertz CT molecular complexity index is 1100. The molecule has 3 aliphatic rings. The van der Waals surface area contributed by atoms with E-state index in [1.54, 1.807) is 0 Å². The number of esters is 1. The Hall–Kier alpha value is -2.98. The minimum atomic E-state index is -1.03. The Kier molecular flexibility index (Phi) is 10.6. The number of benzene rings is 2. The molecule has 2 aromatic carbocycles. The van der Waals surface area contributed by atoms with E-state index < -0.39 is 24.4 Å². The normalized spacial score (nSPS) is 21.8. The van der Waals surface area contributed by atoms with Crippen LogP contribution in [0.2, 0.25) is 0 Å². The van der Waals surface area contributed by atoms with E-state index in [0.29, 0.717) is 26.1 Å². The van der Waals surface area contributed by atoms with E-state index in [-0.39, 0.29) is 31.5 Å². The summed E-state index contributed by atoms with van der Waals surface area (Å²) in [5.74, 6) is -0.689. The largest absolute Gasteiger partial charge is 0.449 e. The first-order valence-corrected chi connectivity index (χ1v) is 14.9. The van der Waals surface area contributed by atoms with Crippen LogP contribution in [-0.4, -0.2) is 69.8 Å². The van der Waals surface area contributed by atoms with E-state index in [1.165, 1.54) is 0 Å². The van der Waals surface area contributed by atoms with Crippen LogP contribution in [0.5, 0.6) is 0 Å². The van der Waals surface area contributed by atoms with E-state index in [9.17, 15) is 9.59 Å². The zero-order valence-corrected chi connectivity index (χ0v) is 23.8. The molecule has 0 spiro atoms. The summed E-state index contributed by atoms with van der Waals surface area (Å²) < 4.78 is 34.2. The van der Waals surface area contributed by atoms with Crippen LogP contribution in [0.3, 0.4) is 0 Å². The average molecular weight is 568 g/mol. The fraction of sp³-hybridized carbons (Fsp3) is 0.562. The third kappa shape index (κ3) is 8.07. The number of ether oxygens (including phenoxy) is 6. The first kappa shape index (κ1) is 29.5. The lowest BCUT2D eigenvalue weighted by atomic mass is 9.98. The van der Waals surface area contributed by atoms with E-state index in [4.69, 9.17) is 28.4 Å². The molecule has 9 nitrogen and oxygen atoms in total. The van der Waals surface area contributed by atoms with Gasteiger partial charge in [0.15, 0.2) is 12.3 Å². The van der Waals surface area contributed by atoms with Crippen LogP contribution in [0.25, 0.3) is 11.1 Å². The topological polar surface area (TPSA) is 102 Å². The zero-order chi connectivity index (χ0) is 28.4. The second-order valence-electron chi connectivity index (χ2n) is 10.9. The second-order valence-corrected chi connectivity index (χ2v) is 10.9. The highest BCUT2D eigenvalue weighted by Crippen LogP contribution is 2.44. The van der Waals surface area contributed by atoms with Gasteiger partial charge in [-0.1, -0.05) is 48.5 Å². The SMILES string of the molecule is C[C@H](CCOC[C@H](NC(=O)OCC1c2ccccc2-c2ccccc21)C(=O)OC1CCCCO1)OC1CCCCO1. The molecule has 2 aliphatic heterocycles. The molecule has 4 atom stereocenters. The van der Waals surface area contributed by atoms with Gasteiger partial charge in [-0.15, -0.1) is 0 Å². The van der Waals surface area contributed by atoms with Crippen LogP contribution < -0.4 is 5.32 Å². The molecule has 2 saturated heterocycles. The number of carbonyl (C=O) groups is 2. The molecule has 1 amide bonds. The zero-order valence-electron chi connectivity index (χ0n) is 23.8. The molecule has 2 unspecified atom stereocenters. The van der Waals surface area contributed by atoms with Gasteiger partial charge in [-0.25, -0.2) is 9.59 Å². The molecule has 1 N–H and O–H groups in total. The summed E-state index contributed by atoms with van der Waals surface area (Å²) >= 11 is 0. The predicted octanol–water partition coefficient (Wildman–Crippen LogP) is 5.30. The first-order valence-electron chi connectivity index (χ1n) is 14.9. The summed E-state index contributed by atoms with van der Waals surface area (Å²) in [4.78, 5) is 26.0. The molecule has 0 aromatic heterocycles. The van der Waals surface area contributed by atoms with Crippen molar-refractivity contribution in [3.63, 3.8) is 0 Å². The monoisotopic (exact) mass is 567 g/mol. The summed E-state index contributed by atoms with van der Waals surface area (Å²) in [7, 11) is 0. The first-order chi connectivity index (χ1) is 20.1. The Morgan fingerprint density at radius 1 is 0.902 bits per heavy atom. The van der Waals surface area contributed by atoms with Gasteiger partial charge in [-0.2, -0.15) is 0 Å². The maximum atomic E-state index is 13.0. The Labute approximate surface area is 241 Å². The van der Waals surface area contributed by atoms with Gasteiger partial charge in [-0.05, 0) is 67.7 Å². The van der Waals surface area contributed by atoms with Gasteiger partial charge in [0.1, 0.15) is 6.61 Å². The maximum absolute atomic E-state index is 13.0. The highest BCUT2D eigenvalue weighted by molar-refractivity contribution is 5.82. The van der Waals surface area contributed by atoms with Crippen molar-refractivity contribution in [1.82, 2.24) is 5.32 Å². The standard InChI is InChI=1S/C32H41NO8/c1-22(40-29-14-6-8-17-37-29)16-19-36-21-28(31(34)41-30-15-7-9-18-38-30)33-32(35)39-20-27-25-12-4-2-10-23(25)24-11-3-5-13-26(24)27/h2-5,10-13,22,27-30H,6-9,14-21H2,1H3,(H,33,35)/t22-,28+,29?,30?/m1/s1. The molecular weight excluding hydrogens is 526 g/mol. The van der Waals surface area contributed by atoms with Crippen molar-refractivity contribution in [2.75, 3.05) is 33.0 Å². The molecular formula is C32H41NO8. The summed E-state index contributed by atoms with van der Waals surface area (Å²) in [6.45, 7) is 3.69. The van der Waals surface area contributed by atoms with Crippen molar-refractivity contribution in [1.29, 1.82) is 0 Å². The van der Waals surface area contributed by atoms with Crippen molar-refractivity contribution in [3.8, 4) is 11.1 Å². The average Bonchev–Trinajstić information content (AvgIpc) is 3.32. The quantitative estimate of drug-likeness (QED) is 0.272. The number of alkyl carbamates (subject to hydrolysis) is 1. The number of nitrogens with one attached hydrogen (secondary N) is 1. The van der Waals surface area contributed by atoms with E-state index in [1.807, 2.05) is 31.2 Å². The lowest BCUT2D eigenvalue weighted by Gasteiger charge is -2.26. The smallest absolute Gasteiger partial charge is 0.407 e. The number of amides is 1. The summed E-state index contributed by atoms with van der Waals surface area (Å²) in [5.41, 5.74) is 4.52. The lowest BCUT2D eigenvalue weighted by molar-refractivity contribution is -0.191. The van der Waals surface area contributed by atoms with Gasteiger partial charge in [0.05, 0.1) is 19.3 Å². The summed E-state index contributed by atoms with van der Waals surface area (Å²) in [6.07, 6.45) is 4.61. The van der Waals surface area contributed by atoms with Crippen molar-refractivity contribution in [2.24, 2.45) is 0 Å². The van der Waals surface area contributed by atoms with Crippen molar-refractivity contribution in [2.45, 2.75) is 82.5 Å². The Morgan fingerprint density at radius 3 is 2.17 bits per heavy atom. The van der Waals surface area contributed by atoms with Gasteiger partial charge in [0, 0.05) is 25.6 Å². The van der Waals surface area contributed by atoms with Crippen LogP contribution in [0.15, 0.2) is 48.5 Å². The van der Waals surface area contributed by atoms with Crippen molar-refractivity contribution in [3.05, 3.63) is 59.7 Å². The molecule has 0 saturated carbocycles. The Balaban J connectivity index is 1.14. The van der Waals surface area contributed by atoms with Gasteiger partial charge < -0.3 is 33.7 Å². The Morgan fingerprint density at radius 2 is 1.54 bits per heavy atom. The minimum Gasteiger partial charge on any atom is -0.449 e. The fourth-order valence-corrected chi connectivity index (χ4v) is 5.56. The van der Waals surface area contributed by atoms with Crippen LogP contribution >= 0.6 is 0 Å². The number of hydrogen-bond donors (Lipinski definition) is 1. The van der Waals surface area contributed by atoms with Gasteiger partial charge in [-0.3, -0.25) is 0 Å². The molecule has 0 radical (unpaired) electrons. The van der Waals surface area contributed by atoms with Gasteiger partial charge >= 0.3 is 12.1 Å². The number of carbonyl (C=O) groups excluding carboxylic acids is 2. The van der Waals surface area contributed by atoms with Crippen LogP contribution in [0, 0.1) is 0 Å². The van der Waals surface area contributed by atoms with Crippen LogP contribution in [0.4, 0.5) is 4.79 Å². The summed E-state index contributed by atoms with van der Waals surface area (Å²) in [6, 6.07) is 15.2. The molecule has 2 heterocycles. The lowest BCUT2D eigenvalue weighted by Crippen LogP contribution is -2.47. The van der Waals surface area contributed by atoms with Gasteiger partial charge in [0.25, 0.3) is 0 Å². The third-order valence-corrected chi connectivity index (χ3v) is 7.78. The molecule has 222 valence electrons. The van der Waals surface area contributed by atoms with Crippen molar-refractivity contribution >= 4 is 12.1 Å². The molecule has 1 aliphatic carbocycles. The highest BCUT2D eigenvalue weighted by atomic mass is 16.7. The number of fused-ring (bicyclic) bond motifs is 3. The fourth-order valence-electron chi connectivity index (χ4n) is 5.56. The second kappa shape index (κ2) is 14.8. The molecule has 9 heteroatoms. The molecule has 5 rings (SSSR count). The van der Waals surface area contributed by atoms with Gasteiger partial charge in [0.2, 0.25) is 6.29 Å². The van der Waals surface area contributed by atoms with Crippen LogP contribution in [-0.2, 0) is 33.2 Å². The third-order valence-electron chi connectivity index (χ3n) is 7.78. The van der Waals surface area contributed by atoms with E-state index in [2.05, 4.69) is 29.6 Å².